The molecule has 0 amide bonds. The van der Waals surface area contributed by atoms with Crippen molar-refractivity contribution in [2.45, 2.75) is 39.7 Å². The van der Waals surface area contributed by atoms with E-state index >= 15 is 0 Å². The van der Waals surface area contributed by atoms with Gasteiger partial charge in [0.15, 0.2) is 0 Å². The van der Waals surface area contributed by atoms with Crippen LogP contribution in [0.15, 0.2) is 0 Å². The van der Waals surface area contributed by atoms with Gasteiger partial charge in [0.2, 0.25) is 0 Å². The van der Waals surface area contributed by atoms with Crippen molar-refractivity contribution in [3.05, 3.63) is 21.5 Å². The van der Waals surface area contributed by atoms with Gasteiger partial charge >= 0.3 is 5.69 Å². The number of aryl methyl sites for hydroxylation is 1. The van der Waals surface area contributed by atoms with Crippen LogP contribution in [0.5, 0.6) is 0 Å². The van der Waals surface area contributed by atoms with Gasteiger partial charge in [0, 0.05) is 0 Å². The van der Waals surface area contributed by atoms with Gasteiger partial charge in [0.05, 0.1) is 11.0 Å². The highest BCUT2D eigenvalue weighted by Gasteiger charge is 2.27. The first-order valence-electron chi connectivity index (χ1n) is 5.21. The van der Waals surface area contributed by atoms with Crippen LogP contribution in [-0.2, 0) is 12.8 Å². The number of hydrogen-bond acceptors (Lipinski definition) is 4. The van der Waals surface area contributed by atoms with E-state index in [1.165, 1.54) is 4.68 Å². The Morgan fingerprint density at radius 3 is 2.56 bits per heavy atom. The summed E-state index contributed by atoms with van der Waals surface area (Å²) in [5, 5.41) is 23.9. The van der Waals surface area contributed by atoms with Crippen molar-refractivity contribution >= 4 is 5.69 Å². The lowest BCUT2D eigenvalue weighted by atomic mass is 10.2. The van der Waals surface area contributed by atoms with E-state index in [1.54, 1.807) is 6.92 Å². The van der Waals surface area contributed by atoms with E-state index < -0.39 is 11.0 Å². The summed E-state index contributed by atoms with van der Waals surface area (Å²) in [7, 11) is 0. The number of aromatic nitrogens is 2. The van der Waals surface area contributed by atoms with Crippen molar-refractivity contribution in [2.75, 3.05) is 0 Å². The molecule has 86 valence electrons. The third kappa shape index (κ3) is 1.89. The Balaban J connectivity index is 3.43. The quantitative estimate of drug-likeness (QED) is 0.576. The number of nitro groups is 1. The molecule has 0 aromatic carbocycles. The van der Waals surface area contributed by atoms with E-state index in [0.29, 0.717) is 24.2 Å². The Labute approximate surface area is 93.6 Å². The highest BCUT2D eigenvalue weighted by atomic mass is 16.6. The third-order valence-corrected chi connectivity index (χ3v) is 2.46. The number of nitriles is 1. The second-order valence-corrected chi connectivity index (χ2v) is 3.46. The largest absolute Gasteiger partial charge is 0.313 e. The Morgan fingerprint density at radius 1 is 1.56 bits per heavy atom. The van der Waals surface area contributed by atoms with Gasteiger partial charge in [0.1, 0.15) is 17.4 Å². The normalized spacial score (nSPS) is 12.1. The highest BCUT2D eigenvalue weighted by molar-refractivity contribution is 5.42. The topological polar surface area (TPSA) is 84.8 Å². The maximum atomic E-state index is 11.0. The number of nitrogens with zero attached hydrogens (tertiary/aromatic N) is 4. The van der Waals surface area contributed by atoms with E-state index in [9.17, 15) is 10.1 Å². The van der Waals surface area contributed by atoms with Gasteiger partial charge < -0.3 is 0 Å². The molecule has 0 saturated carbocycles. The summed E-state index contributed by atoms with van der Waals surface area (Å²) in [6.07, 6.45) is 0.990. The van der Waals surface area contributed by atoms with Crippen molar-refractivity contribution in [1.29, 1.82) is 5.26 Å². The second kappa shape index (κ2) is 4.75. The molecule has 1 rings (SSSR count). The molecule has 16 heavy (non-hydrogen) atoms. The van der Waals surface area contributed by atoms with Crippen molar-refractivity contribution in [3.63, 3.8) is 0 Å². The third-order valence-electron chi connectivity index (χ3n) is 2.46. The molecular formula is C10H14N4O2. The predicted octanol–water partition coefficient (Wildman–Crippen LogP) is 2.00. The average Bonchev–Trinajstić information content (AvgIpc) is 2.66. The molecule has 1 aromatic rings. The summed E-state index contributed by atoms with van der Waals surface area (Å²) in [5.74, 6) is 0. The van der Waals surface area contributed by atoms with Crippen LogP contribution in [0, 0.1) is 21.4 Å². The lowest BCUT2D eigenvalue weighted by molar-refractivity contribution is -0.386. The molecule has 1 unspecified atom stereocenters. The van der Waals surface area contributed by atoms with Crippen LogP contribution < -0.4 is 0 Å². The minimum atomic E-state index is -0.478. The predicted molar refractivity (Wildman–Crippen MR) is 58.0 cm³/mol. The minimum absolute atomic E-state index is 0.0621. The smallest absolute Gasteiger partial charge is 0.258 e. The van der Waals surface area contributed by atoms with E-state index in [0.717, 1.165) is 0 Å². The van der Waals surface area contributed by atoms with E-state index in [-0.39, 0.29) is 5.69 Å². The lowest BCUT2D eigenvalue weighted by Gasteiger charge is -2.05. The van der Waals surface area contributed by atoms with Gasteiger partial charge in [-0.1, -0.05) is 13.8 Å². The molecule has 0 spiro atoms. The number of hydrogen-bond donors (Lipinski definition) is 0. The van der Waals surface area contributed by atoms with Crippen LogP contribution >= 0.6 is 0 Å². The zero-order chi connectivity index (χ0) is 12.3. The molecule has 0 aliphatic rings. The molecule has 6 heteroatoms. The van der Waals surface area contributed by atoms with Crippen LogP contribution in [0.4, 0.5) is 5.69 Å². The molecule has 6 nitrogen and oxygen atoms in total. The maximum Gasteiger partial charge on any atom is 0.313 e. The molecule has 1 aromatic heterocycles. The van der Waals surface area contributed by atoms with Crippen molar-refractivity contribution in [2.24, 2.45) is 0 Å². The first kappa shape index (κ1) is 12.2. The summed E-state index contributed by atoms with van der Waals surface area (Å²) >= 11 is 0. The zero-order valence-corrected chi connectivity index (χ0v) is 9.60. The Kier molecular flexibility index (Phi) is 3.61. The molecule has 0 aliphatic heterocycles. The van der Waals surface area contributed by atoms with Crippen LogP contribution in [0.25, 0.3) is 0 Å². The summed E-state index contributed by atoms with van der Waals surface area (Å²) < 4.78 is 1.46. The molecule has 1 heterocycles. The van der Waals surface area contributed by atoms with Gasteiger partial charge in [0.25, 0.3) is 0 Å². The van der Waals surface area contributed by atoms with Crippen LogP contribution in [0.2, 0.25) is 0 Å². The van der Waals surface area contributed by atoms with Crippen molar-refractivity contribution < 1.29 is 4.92 Å². The van der Waals surface area contributed by atoms with Gasteiger partial charge in [-0.2, -0.15) is 10.4 Å². The highest BCUT2D eigenvalue weighted by Crippen LogP contribution is 2.26. The van der Waals surface area contributed by atoms with Gasteiger partial charge in [-0.15, -0.1) is 0 Å². The molecule has 0 bridgehead atoms. The Morgan fingerprint density at radius 2 is 2.19 bits per heavy atom. The summed E-state index contributed by atoms with van der Waals surface area (Å²) in [5.41, 5.74) is 1.03. The fourth-order valence-electron chi connectivity index (χ4n) is 1.67. The molecule has 0 radical (unpaired) electrons. The Hall–Kier alpha value is -1.90. The standard InChI is InChI=1S/C10H14N4O2/c1-4-8-10(14(15)16)9(5-2)13(12-8)7(3)6-11/h7H,4-5H2,1-3H3. The van der Waals surface area contributed by atoms with Gasteiger partial charge in [-0.25, -0.2) is 4.68 Å². The zero-order valence-electron chi connectivity index (χ0n) is 9.60. The monoisotopic (exact) mass is 222 g/mol. The second-order valence-electron chi connectivity index (χ2n) is 3.46. The summed E-state index contributed by atoms with van der Waals surface area (Å²) in [4.78, 5) is 10.5. The minimum Gasteiger partial charge on any atom is -0.258 e. The fourth-order valence-corrected chi connectivity index (χ4v) is 1.67. The summed E-state index contributed by atoms with van der Waals surface area (Å²) in [6, 6.07) is 1.56. The average molecular weight is 222 g/mol. The molecule has 0 fully saturated rings. The maximum absolute atomic E-state index is 11.0. The first-order chi connectivity index (χ1) is 7.56. The molecule has 1 atom stereocenters. The summed E-state index contributed by atoms with van der Waals surface area (Å²) in [6.45, 7) is 5.32. The van der Waals surface area contributed by atoms with Crippen LogP contribution in [0.3, 0.4) is 0 Å². The molecule has 0 N–H and O–H groups in total. The van der Waals surface area contributed by atoms with E-state index in [1.807, 2.05) is 19.9 Å². The van der Waals surface area contributed by atoms with Crippen molar-refractivity contribution in [1.82, 2.24) is 9.78 Å². The van der Waals surface area contributed by atoms with E-state index in [2.05, 4.69) is 5.10 Å². The van der Waals surface area contributed by atoms with Crippen LogP contribution in [0.1, 0.15) is 38.2 Å². The molecule has 0 saturated heterocycles. The SMILES string of the molecule is CCc1nn(C(C)C#N)c(CC)c1[N+](=O)[O-]. The van der Waals surface area contributed by atoms with Gasteiger partial charge in [-0.05, 0) is 19.8 Å². The van der Waals surface area contributed by atoms with Crippen molar-refractivity contribution in [3.8, 4) is 6.07 Å². The van der Waals surface area contributed by atoms with Gasteiger partial charge in [-0.3, -0.25) is 10.1 Å². The lowest BCUT2D eigenvalue weighted by Crippen LogP contribution is -2.09. The number of rotatable bonds is 4. The Bertz CT molecular complexity index is 444. The van der Waals surface area contributed by atoms with Crippen LogP contribution in [-0.4, -0.2) is 14.7 Å². The fraction of sp³-hybridized carbons (Fsp3) is 0.600. The first-order valence-corrected chi connectivity index (χ1v) is 5.21. The molecule has 0 aliphatic carbocycles. The van der Waals surface area contributed by atoms with E-state index in [4.69, 9.17) is 5.26 Å². The molecular weight excluding hydrogens is 208 g/mol.